The minimum atomic E-state index is -0.470. The topological polar surface area (TPSA) is 37.3 Å². The first kappa shape index (κ1) is 24.5. The highest BCUT2D eigenvalue weighted by Gasteiger charge is 2.60. The molecule has 0 radical (unpaired) electrons. The van der Waals surface area contributed by atoms with Crippen LogP contribution in [0.25, 0.3) is 0 Å². The van der Waals surface area contributed by atoms with Gasteiger partial charge in [-0.2, -0.15) is 0 Å². The summed E-state index contributed by atoms with van der Waals surface area (Å²) in [4.78, 5) is 13.2. The third-order valence-corrected chi connectivity index (χ3v) is 11.2. The van der Waals surface area contributed by atoms with Crippen LogP contribution in [0, 0.1) is 45.8 Å². The molecule has 0 bridgehead atoms. The summed E-state index contributed by atoms with van der Waals surface area (Å²) < 4.78 is 0. The summed E-state index contributed by atoms with van der Waals surface area (Å²) in [6, 6.07) is 0. The van der Waals surface area contributed by atoms with Gasteiger partial charge in [-0.3, -0.25) is 4.79 Å². The highest BCUT2D eigenvalue weighted by atomic mass is 16.3. The average molecular weight is 443 g/mol. The van der Waals surface area contributed by atoms with Crippen LogP contribution in [0.3, 0.4) is 0 Å². The van der Waals surface area contributed by atoms with Gasteiger partial charge < -0.3 is 5.11 Å². The molecule has 3 saturated carbocycles. The van der Waals surface area contributed by atoms with Crippen molar-refractivity contribution in [1.29, 1.82) is 0 Å². The summed E-state index contributed by atoms with van der Waals surface area (Å²) in [5.41, 5.74) is 1.96. The molecular weight excluding hydrogens is 392 g/mol. The molecule has 0 aliphatic heterocycles. The van der Waals surface area contributed by atoms with Crippen molar-refractivity contribution in [3.05, 3.63) is 11.6 Å². The number of Topliss-reactive ketones (excluding diaryl/α,β-unsaturated/α-hetero) is 1. The molecule has 1 N–H and O–H groups in total. The molecule has 0 unspecified atom stereocenters. The highest BCUT2D eigenvalue weighted by molar-refractivity contribution is 5.81. The number of aliphatic hydroxyl groups is 1. The summed E-state index contributed by atoms with van der Waals surface area (Å²) >= 11 is 0. The Bertz CT molecular complexity index is 759. The van der Waals surface area contributed by atoms with E-state index in [-0.39, 0.29) is 16.7 Å². The minimum absolute atomic E-state index is 0.212. The average Bonchev–Trinajstić information content (AvgIpc) is 3.08. The SMILES string of the molecule is CC[C@]1(O)CC[C@@]2(C)C(=CC[C@H]3[C@@H]4CC[C@H]([C@H](C)C(=O)CCC(C)(C)C)[C@@]4(C)CC[C@@H]32)C1. The molecular formula is C30H50O2. The fourth-order valence-corrected chi connectivity index (χ4v) is 8.83. The summed E-state index contributed by atoms with van der Waals surface area (Å²) in [7, 11) is 0. The molecule has 0 aromatic rings. The number of ketones is 1. The standard InChI is InChI=1S/C30H50O2/c1-8-30(32)18-17-28(6)21(19-30)9-10-22-24-12-11-23(29(24,7)16-13-25(22)28)20(2)26(31)14-15-27(3,4)5/h9,20,22-25,32H,8,10-19H2,1-7H3/t20-,22-,23+,24-,25-,28-,29+,30-/m0/s1. The number of carbonyl (C=O) groups is 1. The normalized spacial score (nSPS) is 44.8. The molecule has 4 rings (SSSR count). The predicted molar refractivity (Wildman–Crippen MR) is 133 cm³/mol. The first-order valence-electron chi connectivity index (χ1n) is 13.8. The van der Waals surface area contributed by atoms with Crippen LogP contribution in [0.4, 0.5) is 0 Å². The molecule has 0 aromatic heterocycles. The first-order valence-corrected chi connectivity index (χ1v) is 13.8. The van der Waals surface area contributed by atoms with Gasteiger partial charge in [0.05, 0.1) is 5.60 Å². The Kier molecular flexibility index (Phi) is 6.31. The zero-order chi connectivity index (χ0) is 23.5. The smallest absolute Gasteiger partial charge is 0.136 e. The Balaban J connectivity index is 1.51. The van der Waals surface area contributed by atoms with Gasteiger partial charge in [0.1, 0.15) is 5.78 Å². The van der Waals surface area contributed by atoms with Crippen LogP contribution in [-0.2, 0) is 4.79 Å². The van der Waals surface area contributed by atoms with E-state index in [4.69, 9.17) is 0 Å². The number of carbonyl (C=O) groups excluding carboxylic acids is 1. The summed E-state index contributed by atoms with van der Waals surface area (Å²) in [5.74, 6) is 3.60. The zero-order valence-corrected chi connectivity index (χ0v) is 22.1. The van der Waals surface area contributed by atoms with Crippen LogP contribution < -0.4 is 0 Å². The second kappa shape index (κ2) is 8.24. The molecule has 8 atom stereocenters. The van der Waals surface area contributed by atoms with Gasteiger partial charge in [-0.05, 0) is 104 Å². The molecule has 0 saturated heterocycles. The number of hydrogen-bond donors (Lipinski definition) is 1. The van der Waals surface area contributed by atoms with Crippen LogP contribution in [0.2, 0.25) is 0 Å². The van der Waals surface area contributed by atoms with E-state index in [0.29, 0.717) is 17.1 Å². The van der Waals surface area contributed by atoms with E-state index in [1.807, 2.05) is 0 Å². The van der Waals surface area contributed by atoms with E-state index < -0.39 is 5.60 Å². The van der Waals surface area contributed by atoms with Crippen molar-refractivity contribution < 1.29 is 9.90 Å². The third-order valence-electron chi connectivity index (χ3n) is 11.2. The maximum atomic E-state index is 13.2. The molecule has 0 spiro atoms. The lowest BCUT2D eigenvalue weighted by Crippen LogP contribution is -2.52. The van der Waals surface area contributed by atoms with Crippen molar-refractivity contribution in [3.8, 4) is 0 Å². The second-order valence-electron chi connectivity index (χ2n) is 14.1. The Hall–Kier alpha value is -0.630. The molecule has 4 aliphatic carbocycles. The lowest BCUT2D eigenvalue weighted by molar-refractivity contribution is -0.128. The van der Waals surface area contributed by atoms with Crippen LogP contribution in [0.1, 0.15) is 119 Å². The quantitative estimate of drug-likeness (QED) is 0.442. The molecule has 2 heteroatoms. The fourth-order valence-electron chi connectivity index (χ4n) is 8.83. The van der Waals surface area contributed by atoms with Gasteiger partial charge >= 0.3 is 0 Å². The van der Waals surface area contributed by atoms with Gasteiger partial charge in [-0.25, -0.2) is 0 Å². The van der Waals surface area contributed by atoms with Gasteiger partial charge in [0, 0.05) is 12.3 Å². The number of hydrogen-bond acceptors (Lipinski definition) is 2. The van der Waals surface area contributed by atoms with E-state index in [1.54, 1.807) is 5.57 Å². The van der Waals surface area contributed by atoms with Crippen molar-refractivity contribution >= 4 is 5.78 Å². The van der Waals surface area contributed by atoms with Gasteiger partial charge in [-0.1, -0.05) is 60.1 Å². The van der Waals surface area contributed by atoms with Crippen LogP contribution in [-0.4, -0.2) is 16.5 Å². The van der Waals surface area contributed by atoms with Gasteiger partial charge in [0.15, 0.2) is 0 Å². The lowest BCUT2D eigenvalue weighted by Gasteiger charge is -2.59. The number of rotatable bonds is 5. The Morgan fingerprint density at radius 1 is 1.12 bits per heavy atom. The third kappa shape index (κ3) is 4.05. The van der Waals surface area contributed by atoms with Gasteiger partial charge in [0.25, 0.3) is 0 Å². The zero-order valence-electron chi connectivity index (χ0n) is 22.1. The van der Waals surface area contributed by atoms with Crippen molar-refractivity contribution in [2.75, 3.05) is 0 Å². The summed E-state index contributed by atoms with van der Waals surface area (Å²) in [6.45, 7) is 16.2. The molecule has 32 heavy (non-hydrogen) atoms. The van der Waals surface area contributed by atoms with E-state index >= 15 is 0 Å². The van der Waals surface area contributed by atoms with E-state index in [1.165, 1.54) is 32.1 Å². The number of allylic oxidation sites excluding steroid dienone is 1. The Labute approximate surface area is 198 Å². The lowest BCUT2D eigenvalue weighted by atomic mass is 9.46. The summed E-state index contributed by atoms with van der Waals surface area (Å²) in [6.07, 6.45) is 14.6. The van der Waals surface area contributed by atoms with Crippen LogP contribution in [0.5, 0.6) is 0 Å². The highest BCUT2D eigenvalue weighted by Crippen LogP contribution is 2.67. The van der Waals surface area contributed by atoms with Crippen molar-refractivity contribution in [3.63, 3.8) is 0 Å². The van der Waals surface area contributed by atoms with Crippen LogP contribution >= 0.6 is 0 Å². The largest absolute Gasteiger partial charge is 0.390 e. The maximum absolute atomic E-state index is 13.2. The molecule has 182 valence electrons. The minimum Gasteiger partial charge on any atom is -0.390 e. The van der Waals surface area contributed by atoms with E-state index in [0.717, 1.165) is 56.3 Å². The predicted octanol–water partition coefficient (Wildman–Crippen LogP) is 7.74. The first-order chi connectivity index (χ1) is 14.8. The van der Waals surface area contributed by atoms with E-state index in [2.05, 4.69) is 54.5 Å². The molecule has 0 heterocycles. The van der Waals surface area contributed by atoms with E-state index in [9.17, 15) is 9.90 Å². The van der Waals surface area contributed by atoms with Crippen LogP contribution in [0.15, 0.2) is 11.6 Å². The maximum Gasteiger partial charge on any atom is 0.136 e. The molecule has 3 fully saturated rings. The van der Waals surface area contributed by atoms with Crippen molar-refractivity contribution in [2.45, 2.75) is 125 Å². The molecule has 4 aliphatic rings. The Morgan fingerprint density at radius 3 is 2.50 bits per heavy atom. The van der Waals surface area contributed by atoms with Crippen molar-refractivity contribution in [2.24, 2.45) is 45.8 Å². The van der Waals surface area contributed by atoms with Gasteiger partial charge in [-0.15, -0.1) is 0 Å². The monoisotopic (exact) mass is 442 g/mol. The molecule has 0 aromatic carbocycles. The molecule has 0 amide bonds. The Morgan fingerprint density at radius 2 is 1.84 bits per heavy atom. The molecule has 2 nitrogen and oxygen atoms in total. The van der Waals surface area contributed by atoms with Gasteiger partial charge in [0.2, 0.25) is 0 Å². The number of fused-ring (bicyclic) bond motifs is 5. The fraction of sp³-hybridized carbons (Fsp3) is 0.900. The second-order valence-corrected chi connectivity index (χ2v) is 14.1. The summed E-state index contributed by atoms with van der Waals surface area (Å²) in [5, 5.41) is 11.0. The van der Waals surface area contributed by atoms with Crippen molar-refractivity contribution in [1.82, 2.24) is 0 Å².